The number of aromatic amines is 1. The molecule has 0 radical (unpaired) electrons. The largest absolute Gasteiger partial charge is 0.497 e. The first-order valence-corrected chi connectivity index (χ1v) is 8.80. The van der Waals surface area contributed by atoms with Gasteiger partial charge in [-0.25, -0.2) is 0 Å². The van der Waals surface area contributed by atoms with E-state index in [0.29, 0.717) is 17.2 Å². The lowest BCUT2D eigenvalue weighted by Crippen LogP contribution is -2.25. The predicted octanol–water partition coefficient (Wildman–Crippen LogP) is 3.28. The van der Waals surface area contributed by atoms with Crippen molar-refractivity contribution >= 4 is 5.91 Å². The molecule has 0 spiro atoms. The Kier molecular flexibility index (Phi) is 4.43. The molecule has 1 amide bonds. The van der Waals surface area contributed by atoms with Crippen molar-refractivity contribution in [2.75, 3.05) is 28.4 Å². The van der Waals surface area contributed by atoms with Crippen molar-refractivity contribution in [3.8, 4) is 28.5 Å². The van der Waals surface area contributed by atoms with E-state index in [1.54, 1.807) is 33.3 Å². The number of carbonyl (C=O) groups excluding carboxylic acids is 1. The van der Waals surface area contributed by atoms with E-state index in [9.17, 15) is 4.79 Å². The highest BCUT2D eigenvalue weighted by molar-refractivity contribution is 6.00. The number of nitrogens with one attached hydrogen (secondary N) is 1. The first-order valence-electron chi connectivity index (χ1n) is 8.80. The normalized spacial score (nSPS) is 15.5. The number of nitrogens with zero attached hydrogens (tertiary/aromatic N) is 2. The van der Waals surface area contributed by atoms with Gasteiger partial charge in [0.05, 0.1) is 33.1 Å². The molecule has 1 N–H and O–H groups in total. The molecular weight excluding hydrogens is 358 g/mol. The molecular formula is C21H21N3O4. The van der Waals surface area contributed by atoms with Crippen molar-refractivity contribution in [2.24, 2.45) is 0 Å². The topological polar surface area (TPSA) is 76.7 Å². The molecule has 1 aliphatic heterocycles. The van der Waals surface area contributed by atoms with Crippen LogP contribution in [0.25, 0.3) is 11.3 Å². The Bertz CT molecular complexity index is 1040. The third kappa shape index (κ3) is 2.67. The summed E-state index contributed by atoms with van der Waals surface area (Å²) in [6, 6.07) is 12.9. The Balaban J connectivity index is 1.89. The minimum atomic E-state index is -0.330. The van der Waals surface area contributed by atoms with Gasteiger partial charge in [-0.15, -0.1) is 0 Å². The van der Waals surface area contributed by atoms with E-state index in [1.807, 2.05) is 42.5 Å². The van der Waals surface area contributed by atoms with Crippen LogP contribution in [0.2, 0.25) is 0 Å². The number of hydrogen-bond donors (Lipinski definition) is 1. The zero-order valence-corrected chi connectivity index (χ0v) is 16.1. The molecule has 1 atom stereocenters. The number of hydrogen-bond acceptors (Lipinski definition) is 5. The Hall–Kier alpha value is -3.48. The van der Waals surface area contributed by atoms with Crippen molar-refractivity contribution in [3.05, 3.63) is 59.3 Å². The molecule has 0 saturated carbocycles. The van der Waals surface area contributed by atoms with Gasteiger partial charge in [0.25, 0.3) is 5.91 Å². The van der Waals surface area contributed by atoms with Crippen molar-refractivity contribution in [3.63, 3.8) is 0 Å². The summed E-state index contributed by atoms with van der Waals surface area (Å²) in [4.78, 5) is 14.5. The number of carbonyl (C=O) groups is 1. The van der Waals surface area contributed by atoms with E-state index in [2.05, 4.69) is 10.2 Å². The van der Waals surface area contributed by atoms with Crippen LogP contribution in [0.15, 0.2) is 42.5 Å². The quantitative estimate of drug-likeness (QED) is 0.736. The van der Waals surface area contributed by atoms with E-state index in [-0.39, 0.29) is 11.9 Å². The summed E-state index contributed by atoms with van der Waals surface area (Å²) in [5.74, 6) is 1.95. The number of benzene rings is 2. The van der Waals surface area contributed by atoms with Gasteiger partial charge in [0.15, 0.2) is 0 Å². The maximum atomic E-state index is 12.8. The lowest BCUT2D eigenvalue weighted by Gasteiger charge is -2.24. The fourth-order valence-corrected chi connectivity index (χ4v) is 3.67. The van der Waals surface area contributed by atoms with Crippen molar-refractivity contribution in [1.82, 2.24) is 15.1 Å². The number of ether oxygens (including phenoxy) is 3. The molecule has 1 aliphatic rings. The second-order valence-corrected chi connectivity index (χ2v) is 6.52. The monoisotopic (exact) mass is 379 g/mol. The van der Waals surface area contributed by atoms with Crippen LogP contribution in [0.1, 0.15) is 27.7 Å². The summed E-state index contributed by atoms with van der Waals surface area (Å²) in [5, 5.41) is 7.35. The van der Waals surface area contributed by atoms with Crippen molar-refractivity contribution in [2.45, 2.75) is 6.04 Å². The van der Waals surface area contributed by atoms with Crippen LogP contribution in [-0.2, 0) is 0 Å². The summed E-state index contributed by atoms with van der Waals surface area (Å²) in [6.45, 7) is 0. The van der Waals surface area contributed by atoms with Gasteiger partial charge in [-0.1, -0.05) is 12.1 Å². The zero-order valence-electron chi connectivity index (χ0n) is 16.1. The van der Waals surface area contributed by atoms with Gasteiger partial charge >= 0.3 is 0 Å². The minimum Gasteiger partial charge on any atom is -0.497 e. The van der Waals surface area contributed by atoms with E-state index in [4.69, 9.17) is 14.2 Å². The SMILES string of the molecule is COc1cccc(-c2n[nH]c3c2C(c2ccc(OC)cc2OC)N(C)C3=O)c1. The highest BCUT2D eigenvalue weighted by Crippen LogP contribution is 2.45. The van der Waals surface area contributed by atoms with Crippen LogP contribution in [0.4, 0.5) is 0 Å². The van der Waals surface area contributed by atoms with Gasteiger partial charge in [0.2, 0.25) is 0 Å². The molecule has 144 valence electrons. The molecule has 0 fully saturated rings. The van der Waals surface area contributed by atoms with Gasteiger partial charge in [-0.3, -0.25) is 9.89 Å². The number of rotatable bonds is 5. The lowest BCUT2D eigenvalue weighted by atomic mass is 9.95. The average Bonchev–Trinajstić information content (AvgIpc) is 3.27. The summed E-state index contributed by atoms with van der Waals surface area (Å²) in [7, 11) is 6.61. The van der Waals surface area contributed by atoms with E-state index < -0.39 is 0 Å². The molecule has 1 unspecified atom stereocenters. The second kappa shape index (κ2) is 6.92. The van der Waals surface area contributed by atoms with E-state index in [0.717, 1.165) is 28.1 Å². The van der Waals surface area contributed by atoms with Gasteiger partial charge < -0.3 is 19.1 Å². The highest BCUT2D eigenvalue weighted by Gasteiger charge is 2.41. The third-order valence-corrected chi connectivity index (χ3v) is 5.08. The lowest BCUT2D eigenvalue weighted by molar-refractivity contribution is 0.0787. The first kappa shape index (κ1) is 17.9. The zero-order chi connectivity index (χ0) is 19.8. The second-order valence-electron chi connectivity index (χ2n) is 6.52. The van der Waals surface area contributed by atoms with E-state index in [1.165, 1.54) is 0 Å². The van der Waals surface area contributed by atoms with Crippen LogP contribution in [0.5, 0.6) is 17.2 Å². The number of methoxy groups -OCH3 is 3. The Morgan fingerprint density at radius 2 is 1.75 bits per heavy atom. The van der Waals surface area contributed by atoms with Gasteiger partial charge in [0.1, 0.15) is 22.9 Å². The molecule has 2 heterocycles. The molecule has 7 nitrogen and oxygen atoms in total. The standard InChI is InChI=1S/C21H21N3O4/c1-24-20(15-9-8-14(27-3)11-16(15)28-4)17-18(22-23-19(17)21(24)25)12-6-5-7-13(10-12)26-2/h5-11,20H,1-4H3,(H,22,23). The fraction of sp³-hybridized carbons (Fsp3) is 0.238. The summed E-state index contributed by atoms with van der Waals surface area (Å²) in [6.07, 6.45) is 0. The molecule has 3 aromatic rings. The average molecular weight is 379 g/mol. The molecule has 28 heavy (non-hydrogen) atoms. The maximum absolute atomic E-state index is 12.8. The molecule has 0 bridgehead atoms. The third-order valence-electron chi connectivity index (χ3n) is 5.08. The molecule has 4 rings (SSSR count). The molecule has 0 saturated heterocycles. The van der Waals surface area contributed by atoms with Crippen molar-refractivity contribution < 1.29 is 19.0 Å². The minimum absolute atomic E-state index is 0.112. The summed E-state index contributed by atoms with van der Waals surface area (Å²) >= 11 is 0. The Morgan fingerprint density at radius 3 is 2.46 bits per heavy atom. The number of amides is 1. The smallest absolute Gasteiger partial charge is 0.272 e. The molecule has 7 heteroatoms. The van der Waals surface area contributed by atoms with Crippen LogP contribution in [0.3, 0.4) is 0 Å². The Morgan fingerprint density at radius 1 is 1.00 bits per heavy atom. The number of fused-ring (bicyclic) bond motifs is 1. The summed E-state index contributed by atoms with van der Waals surface area (Å²) < 4.78 is 16.2. The van der Waals surface area contributed by atoms with Gasteiger partial charge in [-0.2, -0.15) is 5.10 Å². The molecule has 1 aromatic heterocycles. The highest BCUT2D eigenvalue weighted by atomic mass is 16.5. The fourth-order valence-electron chi connectivity index (χ4n) is 3.67. The van der Waals surface area contributed by atoms with E-state index >= 15 is 0 Å². The number of H-pyrrole nitrogens is 1. The van der Waals surface area contributed by atoms with Crippen molar-refractivity contribution in [1.29, 1.82) is 0 Å². The summed E-state index contributed by atoms with van der Waals surface area (Å²) in [5.41, 5.74) is 3.77. The Labute approximate surface area is 162 Å². The van der Waals surface area contributed by atoms with Gasteiger partial charge in [0, 0.05) is 29.8 Å². The van der Waals surface area contributed by atoms with Gasteiger partial charge in [-0.05, 0) is 24.3 Å². The molecule has 2 aromatic carbocycles. The first-order chi connectivity index (χ1) is 13.6. The maximum Gasteiger partial charge on any atom is 0.272 e. The molecule has 0 aliphatic carbocycles. The number of aromatic nitrogens is 2. The van der Waals surface area contributed by atoms with Crippen LogP contribution in [0, 0.1) is 0 Å². The van der Waals surface area contributed by atoms with Crippen LogP contribution < -0.4 is 14.2 Å². The van der Waals surface area contributed by atoms with Crippen LogP contribution >= 0.6 is 0 Å². The predicted molar refractivity (Wildman–Crippen MR) is 104 cm³/mol. The van der Waals surface area contributed by atoms with Crippen LogP contribution in [-0.4, -0.2) is 49.4 Å².